The molecule has 0 aromatic heterocycles. The van der Waals surface area contributed by atoms with E-state index in [9.17, 15) is 47.9 Å². The topological polar surface area (TPSA) is 49.9 Å². The maximum Gasteiger partial charge on any atom is 0.430 e. The van der Waals surface area contributed by atoms with Gasteiger partial charge in [-0.1, -0.05) is 60.7 Å². The number of hydrogen-bond donors (Lipinski definition) is 0. The van der Waals surface area contributed by atoms with Crippen molar-refractivity contribution in [3.8, 4) is 0 Å². The fraction of sp³-hybridized carbons (Fsp3) is 0.351. The lowest BCUT2D eigenvalue weighted by Crippen LogP contribution is -2.60. The van der Waals surface area contributed by atoms with Crippen molar-refractivity contribution in [3.63, 3.8) is 0 Å². The van der Waals surface area contributed by atoms with Gasteiger partial charge in [-0.15, -0.1) is 0 Å². The second kappa shape index (κ2) is 14.1. The first-order chi connectivity index (χ1) is 24.5. The maximum atomic E-state index is 14.6. The zero-order chi connectivity index (χ0) is 37.5. The van der Waals surface area contributed by atoms with Crippen molar-refractivity contribution >= 4 is 9.84 Å². The van der Waals surface area contributed by atoms with Crippen molar-refractivity contribution in [1.82, 2.24) is 9.80 Å². The van der Waals surface area contributed by atoms with E-state index >= 15 is 0 Å². The van der Waals surface area contributed by atoms with E-state index in [1.807, 2.05) is 30.3 Å². The lowest BCUT2D eigenvalue weighted by molar-refractivity contribution is -0.392. The van der Waals surface area contributed by atoms with E-state index in [1.165, 1.54) is 0 Å². The molecule has 52 heavy (non-hydrogen) atoms. The number of hydrogen-bond acceptors (Lipinski definition) is 5. The molecule has 0 amide bonds. The van der Waals surface area contributed by atoms with E-state index in [4.69, 9.17) is 0 Å². The van der Waals surface area contributed by atoms with Gasteiger partial charge in [-0.2, -0.15) is 26.3 Å². The molecule has 1 saturated carbocycles. The van der Waals surface area contributed by atoms with Crippen molar-refractivity contribution in [2.24, 2.45) is 0 Å². The Hall–Kier alpha value is -3.92. The van der Waals surface area contributed by atoms with Crippen LogP contribution in [-0.2, 0) is 38.1 Å². The summed E-state index contributed by atoms with van der Waals surface area (Å²) >= 11 is 0. The SMILES string of the molecule is O=S(=O)(c1ccc(F)cc1)C1(c2ccc(C(OCc3c(F)cccc3F)(C(F)(F)F)C(F)(F)F)cc2)CC(N2CCN(Cc3ccccc3)CC2)C1. The summed E-state index contributed by atoms with van der Waals surface area (Å²) in [5.41, 5.74) is -6.57. The summed E-state index contributed by atoms with van der Waals surface area (Å²) in [7, 11) is -4.38. The fourth-order valence-electron chi connectivity index (χ4n) is 7.13. The average molecular weight is 757 g/mol. The number of ether oxygens (including phenoxy) is 1. The van der Waals surface area contributed by atoms with Gasteiger partial charge in [-0.3, -0.25) is 9.80 Å². The Kier molecular flexibility index (Phi) is 10.3. The second-order valence-electron chi connectivity index (χ2n) is 13.1. The second-order valence-corrected chi connectivity index (χ2v) is 15.3. The van der Waals surface area contributed by atoms with Crippen LogP contribution in [0.1, 0.15) is 35.1 Å². The normalized spacial score (nSPS) is 20.8. The summed E-state index contributed by atoms with van der Waals surface area (Å²) < 4.78 is 161. The van der Waals surface area contributed by atoms with Crippen molar-refractivity contribution in [3.05, 3.63) is 137 Å². The third-order valence-corrected chi connectivity index (χ3v) is 12.5. The minimum atomic E-state index is -6.17. The highest BCUT2D eigenvalue weighted by Crippen LogP contribution is 2.56. The van der Waals surface area contributed by atoms with Gasteiger partial charge in [0.05, 0.1) is 11.5 Å². The molecule has 0 spiro atoms. The van der Waals surface area contributed by atoms with E-state index in [1.54, 1.807) is 0 Å². The van der Waals surface area contributed by atoms with Crippen LogP contribution < -0.4 is 0 Å². The third kappa shape index (κ3) is 6.83. The van der Waals surface area contributed by atoms with Gasteiger partial charge >= 0.3 is 12.4 Å². The van der Waals surface area contributed by atoms with Crippen LogP contribution in [0, 0.1) is 17.5 Å². The first-order valence-electron chi connectivity index (χ1n) is 16.3. The van der Waals surface area contributed by atoms with Crippen molar-refractivity contribution in [1.29, 1.82) is 0 Å². The molecule has 0 unspecified atom stereocenters. The molecule has 1 aliphatic heterocycles. The van der Waals surface area contributed by atoms with Crippen LogP contribution in [0.25, 0.3) is 0 Å². The quantitative estimate of drug-likeness (QED) is 0.121. The Morgan fingerprint density at radius 1 is 0.692 bits per heavy atom. The number of benzene rings is 4. The Labute approximate surface area is 294 Å². The summed E-state index contributed by atoms with van der Waals surface area (Å²) in [4.78, 5) is 4.10. The molecule has 2 aliphatic rings. The van der Waals surface area contributed by atoms with Crippen LogP contribution in [0.15, 0.2) is 102 Å². The van der Waals surface area contributed by atoms with Crippen LogP contribution in [0.5, 0.6) is 0 Å². The summed E-state index contributed by atoms with van der Waals surface area (Å²) in [5, 5.41) is 0. The molecule has 0 N–H and O–H groups in total. The minimum Gasteiger partial charge on any atom is -0.349 e. The van der Waals surface area contributed by atoms with Gasteiger partial charge in [0.15, 0.2) is 9.84 Å². The molecule has 6 rings (SSSR count). The number of piperazine rings is 1. The highest BCUT2D eigenvalue weighted by atomic mass is 32.2. The van der Waals surface area contributed by atoms with Crippen molar-refractivity contribution in [2.45, 2.75) is 59.6 Å². The smallest absolute Gasteiger partial charge is 0.349 e. The molecular formula is C37H33F9N2O3S. The van der Waals surface area contributed by atoms with Gasteiger partial charge in [-0.05, 0) is 60.4 Å². The standard InChI is InChI=1S/C37H33F9N2O3S/c38-28-13-15-30(16-14-28)52(49,50)34(21-29(22-34)48-19-17-47(18-20-48)23-25-5-2-1-3-6-25)26-9-11-27(12-10-26)35(36(41,42)43,37(44,45)46)51-24-31-32(39)7-4-8-33(31)40/h1-16,29H,17-24H2. The lowest BCUT2D eigenvalue weighted by atomic mass is 9.73. The Morgan fingerprint density at radius 3 is 1.79 bits per heavy atom. The van der Waals surface area contributed by atoms with E-state index in [-0.39, 0.29) is 29.3 Å². The Bertz CT molecular complexity index is 1920. The molecule has 2 fully saturated rings. The molecule has 0 radical (unpaired) electrons. The molecule has 278 valence electrons. The van der Waals surface area contributed by atoms with Gasteiger partial charge in [0, 0.05) is 49.9 Å². The predicted octanol–water partition coefficient (Wildman–Crippen LogP) is 8.29. The molecule has 1 saturated heterocycles. The largest absolute Gasteiger partial charge is 0.430 e. The van der Waals surface area contributed by atoms with Gasteiger partial charge in [0.1, 0.15) is 22.2 Å². The van der Waals surface area contributed by atoms with Crippen LogP contribution in [0.4, 0.5) is 39.5 Å². The van der Waals surface area contributed by atoms with Crippen LogP contribution in [-0.4, -0.2) is 62.8 Å². The Morgan fingerprint density at radius 2 is 1.25 bits per heavy atom. The highest BCUT2D eigenvalue weighted by Gasteiger charge is 2.73. The van der Waals surface area contributed by atoms with Crippen molar-refractivity contribution < 1.29 is 52.7 Å². The third-order valence-electron chi connectivity index (χ3n) is 10.1. The summed E-state index contributed by atoms with van der Waals surface area (Å²) in [6.45, 7) is 1.58. The average Bonchev–Trinajstić information content (AvgIpc) is 3.06. The van der Waals surface area contributed by atoms with E-state index in [2.05, 4.69) is 14.5 Å². The molecular weight excluding hydrogens is 723 g/mol. The van der Waals surface area contributed by atoms with Crippen LogP contribution in [0.2, 0.25) is 0 Å². The lowest BCUT2D eigenvalue weighted by Gasteiger charge is -2.53. The van der Waals surface area contributed by atoms with Gasteiger partial charge < -0.3 is 4.74 Å². The molecule has 5 nitrogen and oxygen atoms in total. The summed E-state index contributed by atoms with van der Waals surface area (Å²) in [6, 6.07) is 18.5. The maximum absolute atomic E-state index is 14.6. The van der Waals surface area contributed by atoms with Gasteiger partial charge in [0.2, 0.25) is 0 Å². The van der Waals surface area contributed by atoms with Crippen molar-refractivity contribution in [2.75, 3.05) is 26.2 Å². The van der Waals surface area contributed by atoms with Gasteiger partial charge in [-0.25, -0.2) is 21.6 Å². The van der Waals surface area contributed by atoms with Crippen LogP contribution in [0.3, 0.4) is 0 Å². The first kappa shape index (κ1) is 37.8. The molecule has 4 aromatic carbocycles. The molecule has 4 aromatic rings. The molecule has 0 atom stereocenters. The highest BCUT2D eigenvalue weighted by molar-refractivity contribution is 7.92. The molecule has 0 bridgehead atoms. The number of nitrogens with zero attached hydrogens (tertiary/aromatic N) is 2. The first-order valence-corrected chi connectivity index (χ1v) is 17.8. The number of sulfone groups is 1. The fourth-order valence-corrected chi connectivity index (χ4v) is 9.35. The summed E-state index contributed by atoms with van der Waals surface area (Å²) in [6.07, 6.45) is -12.4. The summed E-state index contributed by atoms with van der Waals surface area (Å²) in [5.74, 6) is -3.51. The van der Waals surface area contributed by atoms with Gasteiger partial charge in [0.25, 0.3) is 5.60 Å². The number of alkyl halides is 6. The predicted molar refractivity (Wildman–Crippen MR) is 173 cm³/mol. The van der Waals surface area contributed by atoms with E-state index in [0.29, 0.717) is 50.4 Å². The zero-order valence-electron chi connectivity index (χ0n) is 27.4. The molecule has 1 heterocycles. The minimum absolute atomic E-state index is 0.0303. The van der Waals surface area contributed by atoms with E-state index < -0.39 is 67.7 Å². The van der Waals surface area contributed by atoms with E-state index in [0.717, 1.165) is 54.6 Å². The number of halogens is 9. The molecule has 1 aliphatic carbocycles. The van der Waals surface area contributed by atoms with Crippen LogP contribution >= 0.6 is 0 Å². The zero-order valence-corrected chi connectivity index (χ0v) is 28.2. The monoisotopic (exact) mass is 756 g/mol. The Balaban J connectivity index is 1.31. The number of rotatable bonds is 10. The molecule has 15 heteroatoms.